The number of piperidine rings is 1. The maximum absolute atomic E-state index is 13.2. The van der Waals surface area contributed by atoms with Gasteiger partial charge in [0.25, 0.3) is 5.91 Å². The number of nitrogens with two attached hydrogens (primary N) is 1. The number of aromatic nitrogens is 6. The summed E-state index contributed by atoms with van der Waals surface area (Å²) in [5, 5.41) is 14.3. The molecule has 0 aromatic carbocycles. The number of pyridine rings is 1. The van der Waals surface area contributed by atoms with Crippen molar-refractivity contribution in [3.8, 4) is 11.3 Å². The Hall–Kier alpha value is -4.65. The summed E-state index contributed by atoms with van der Waals surface area (Å²) in [6.07, 6.45) is 13.2. The van der Waals surface area contributed by atoms with Crippen molar-refractivity contribution >= 4 is 34.6 Å². The molecular formula is C27H30N10O3. The molecule has 2 aliphatic rings. The molecule has 1 aliphatic heterocycles. The first-order valence-electron chi connectivity index (χ1n) is 13.2. The van der Waals surface area contributed by atoms with Crippen LogP contribution in [0, 0.1) is 12.8 Å². The molecule has 3 atom stereocenters. The van der Waals surface area contributed by atoms with E-state index in [2.05, 4.69) is 35.7 Å². The molecule has 1 saturated heterocycles. The van der Waals surface area contributed by atoms with Gasteiger partial charge in [-0.2, -0.15) is 10.2 Å². The molecule has 6 rings (SSSR count). The summed E-state index contributed by atoms with van der Waals surface area (Å²) in [5.74, 6) is -0.241. The number of hydrogen-bond acceptors (Lipinski definition) is 8. The number of aryl methyl sites for hydroxylation is 1. The summed E-state index contributed by atoms with van der Waals surface area (Å²) in [5.41, 5.74) is 9.07. The number of anilines is 2. The summed E-state index contributed by atoms with van der Waals surface area (Å²) in [4.78, 5) is 48.4. The van der Waals surface area contributed by atoms with E-state index in [0.29, 0.717) is 52.0 Å². The lowest BCUT2D eigenvalue weighted by Crippen LogP contribution is -2.38. The molecule has 1 aliphatic carbocycles. The van der Waals surface area contributed by atoms with Gasteiger partial charge in [-0.25, -0.2) is 4.52 Å². The molecule has 5 heterocycles. The number of nitrogens with one attached hydrogen (secondary N) is 2. The van der Waals surface area contributed by atoms with Gasteiger partial charge in [0, 0.05) is 24.3 Å². The molecule has 1 saturated carbocycles. The van der Waals surface area contributed by atoms with Crippen LogP contribution in [0.25, 0.3) is 16.8 Å². The summed E-state index contributed by atoms with van der Waals surface area (Å²) in [6, 6.07) is 1.63. The standard InChI is InChI=1S/C27H30N10O3/c1-15-22(6-19(8-29-15)33-25(38)14-35-11-17-3-4-20(35)5-17)34-27(40)21-9-32-37-13-23(30-10-24(21)37)18-7-31-36(12-18)16(2)26(28)39/h6-10,12-13,16-17,20H,3-5,11,14H2,1-2H3,(H2,28,39)(H,33,38)(H,34,40)/t16?,17-,20+/m0/s1. The van der Waals surface area contributed by atoms with Crippen LogP contribution in [-0.4, -0.2) is 71.1 Å². The Kier molecular flexibility index (Phi) is 6.50. The molecule has 4 aromatic heterocycles. The van der Waals surface area contributed by atoms with Crippen molar-refractivity contribution in [1.82, 2.24) is 34.3 Å². The zero-order chi connectivity index (χ0) is 28.0. The van der Waals surface area contributed by atoms with Gasteiger partial charge in [-0.05, 0) is 45.1 Å². The number of nitrogens with zero attached hydrogens (tertiary/aromatic N) is 7. The number of amides is 3. The Morgan fingerprint density at radius 1 is 1.07 bits per heavy atom. The van der Waals surface area contributed by atoms with Gasteiger partial charge in [-0.3, -0.25) is 33.9 Å². The van der Waals surface area contributed by atoms with Crippen LogP contribution in [0.15, 0.2) is 43.2 Å². The monoisotopic (exact) mass is 542 g/mol. The topological polar surface area (TPSA) is 165 Å². The average Bonchev–Trinajstić information content (AvgIpc) is 3.73. The maximum Gasteiger partial charge on any atom is 0.259 e. The fraction of sp³-hybridized carbons (Fsp3) is 0.370. The Labute approximate surface area is 229 Å². The third-order valence-corrected chi connectivity index (χ3v) is 7.84. The van der Waals surface area contributed by atoms with Crippen LogP contribution in [0.1, 0.15) is 48.3 Å². The molecule has 0 spiro atoms. The highest BCUT2D eigenvalue weighted by Crippen LogP contribution is 2.37. The van der Waals surface area contributed by atoms with Gasteiger partial charge >= 0.3 is 0 Å². The van der Waals surface area contributed by atoms with E-state index in [-0.39, 0.29) is 11.8 Å². The molecule has 0 radical (unpaired) electrons. The number of fused-ring (bicyclic) bond motifs is 3. The molecule has 13 nitrogen and oxygen atoms in total. The van der Waals surface area contributed by atoms with Crippen LogP contribution in [0.4, 0.5) is 11.4 Å². The van der Waals surface area contributed by atoms with Crippen LogP contribution in [0.2, 0.25) is 0 Å². The van der Waals surface area contributed by atoms with Gasteiger partial charge < -0.3 is 16.4 Å². The SMILES string of the molecule is Cc1ncc(NC(=O)CN2C[C@H]3CC[C@@H]2C3)cc1NC(=O)c1cnn2cc(-c3cnn(C(C)C(N)=O)c3)ncc12. The highest BCUT2D eigenvalue weighted by Gasteiger charge is 2.38. The minimum atomic E-state index is -0.595. The second-order valence-corrected chi connectivity index (χ2v) is 10.6. The number of carbonyl (C=O) groups is 3. The lowest BCUT2D eigenvalue weighted by atomic mass is 10.1. The van der Waals surface area contributed by atoms with Crippen molar-refractivity contribution < 1.29 is 14.4 Å². The lowest BCUT2D eigenvalue weighted by Gasteiger charge is -2.25. The van der Waals surface area contributed by atoms with Crippen molar-refractivity contribution in [2.75, 3.05) is 23.7 Å². The summed E-state index contributed by atoms with van der Waals surface area (Å²) in [6.45, 7) is 4.79. The predicted molar refractivity (Wildman–Crippen MR) is 146 cm³/mol. The Balaban J connectivity index is 1.14. The minimum Gasteiger partial charge on any atom is -0.368 e. The summed E-state index contributed by atoms with van der Waals surface area (Å²) >= 11 is 0. The quantitative estimate of drug-likeness (QED) is 0.304. The van der Waals surface area contributed by atoms with Crippen LogP contribution in [-0.2, 0) is 9.59 Å². The molecule has 40 heavy (non-hydrogen) atoms. The van der Waals surface area contributed by atoms with Crippen molar-refractivity contribution in [3.63, 3.8) is 0 Å². The van der Waals surface area contributed by atoms with Crippen LogP contribution in [0.3, 0.4) is 0 Å². The summed E-state index contributed by atoms with van der Waals surface area (Å²) in [7, 11) is 0. The molecular weight excluding hydrogens is 512 g/mol. The second kappa shape index (κ2) is 10.2. The molecule has 4 N–H and O–H groups in total. The average molecular weight is 543 g/mol. The fourth-order valence-electron chi connectivity index (χ4n) is 5.54. The van der Waals surface area contributed by atoms with E-state index in [1.165, 1.54) is 30.1 Å². The van der Waals surface area contributed by atoms with Crippen molar-refractivity contribution in [2.45, 2.75) is 45.2 Å². The van der Waals surface area contributed by atoms with Crippen molar-refractivity contribution in [1.29, 1.82) is 0 Å². The molecule has 4 aromatic rings. The van der Waals surface area contributed by atoms with Crippen LogP contribution >= 0.6 is 0 Å². The fourth-order valence-corrected chi connectivity index (χ4v) is 5.54. The van der Waals surface area contributed by atoms with E-state index in [4.69, 9.17) is 5.73 Å². The largest absolute Gasteiger partial charge is 0.368 e. The Morgan fingerprint density at radius 3 is 2.67 bits per heavy atom. The van der Waals surface area contributed by atoms with Crippen LogP contribution in [0.5, 0.6) is 0 Å². The van der Waals surface area contributed by atoms with E-state index in [1.54, 1.807) is 55.4 Å². The second-order valence-electron chi connectivity index (χ2n) is 10.6. The Morgan fingerprint density at radius 2 is 1.93 bits per heavy atom. The summed E-state index contributed by atoms with van der Waals surface area (Å²) < 4.78 is 3.02. The highest BCUT2D eigenvalue weighted by atomic mass is 16.2. The number of rotatable bonds is 8. The lowest BCUT2D eigenvalue weighted by molar-refractivity contribution is -0.121. The number of carbonyl (C=O) groups excluding carboxylic acids is 3. The van der Waals surface area contributed by atoms with Gasteiger partial charge in [0.1, 0.15) is 6.04 Å². The van der Waals surface area contributed by atoms with E-state index >= 15 is 0 Å². The number of hydrogen-bond donors (Lipinski definition) is 3. The molecule has 1 unspecified atom stereocenters. The van der Waals surface area contributed by atoms with E-state index in [9.17, 15) is 14.4 Å². The zero-order valence-electron chi connectivity index (χ0n) is 22.2. The minimum absolute atomic E-state index is 0.0883. The van der Waals surface area contributed by atoms with Gasteiger partial charge in [0.2, 0.25) is 11.8 Å². The number of likely N-dealkylation sites (tertiary alicyclic amines) is 1. The van der Waals surface area contributed by atoms with Gasteiger partial charge in [-0.15, -0.1) is 0 Å². The first kappa shape index (κ1) is 25.6. The van der Waals surface area contributed by atoms with E-state index in [1.807, 2.05) is 0 Å². The third-order valence-electron chi connectivity index (χ3n) is 7.84. The van der Waals surface area contributed by atoms with E-state index in [0.717, 1.165) is 12.5 Å². The number of primary amides is 1. The molecule has 206 valence electrons. The molecule has 2 fully saturated rings. The highest BCUT2D eigenvalue weighted by molar-refractivity contribution is 6.09. The smallest absolute Gasteiger partial charge is 0.259 e. The van der Waals surface area contributed by atoms with Gasteiger partial charge in [0.15, 0.2) is 0 Å². The van der Waals surface area contributed by atoms with Crippen molar-refractivity contribution in [3.05, 3.63) is 54.5 Å². The zero-order valence-corrected chi connectivity index (χ0v) is 22.2. The Bertz CT molecular complexity index is 1630. The first-order valence-corrected chi connectivity index (χ1v) is 13.2. The third kappa shape index (κ3) is 4.91. The normalized spacial score (nSPS) is 19.1. The first-order chi connectivity index (χ1) is 19.2. The molecule has 3 amide bonds. The van der Waals surface area contributed by atoms with Crippen molar-refractivity contribution in [2.24, 2.45) is 11.7 Å². The predicted octanol–water partition coefficient (Wildman–Crippen LogP) is 2.02. The van der Waals surface area contributed by atoms with E-state index < -0.39 is 11.9 Å². The molecule has 13 heteroatoms. The maximum atomic E-state index is 13.2. The van der Waals surface area contributed by atoms with Gasteiger partial charge in [0.05, 0.1) is 71.4 Å². The van der Waals surface area contributed by atoms with Crippen LogP contribution < -0.4 is 16.4 Å². The van der Waals surface area contributed by atoms with Gasteiger partial charge in [-0.1, -0.05) is 0 Å². The molecule has 2 bridgehead atoms.